The number of carbonyl (C=O) groups excluding carboxylic acids is 2. The van der Waals surface area contributed by atoms with Crippen molar-refractivity contribution in [3.63, 3.8) is 0 Å². The van der Waals surface area contributed by atoms with Gasteiger partial charge in [0.15, 0.2) is 5.76 Å². The van der Waals surface area contributed by atoms with Gasteiger partial charge in [-0.3, -0.25) is 9.59 Å². The summed E-state index contributed by atoms with van der Waals surface area (Å²) in [5.74, 6) is -0.325. The van der Waals surface area contributed by atoms with Crippen molar-refractivity contribution in [2.45, 2.75) is 0 Å². The lowest BCUT2D eigenvalue weighted by Crippen LogP contribution is -2.48. The monoisotopic (exact) mass is 475 g/mol. The molecule has 0 unspecified atom stereocenters. The molecule has 5 rings (SSSR count). The normalized spacial score (nSPS) is 13.7. The van der Waals surface area contributed by atoms with Crippen LogP contribution in [0.4, 0.5) is 11.5 Å². The lowest BCUT2D eigenvalue weighted by molar-refractivity contribution is 0.0748. The first-order chi connectivity index (χ1) is 16.6. The number of rotatable bonds is 5. The molecule has 1 fully saturated rings. The highest BCUT2D eigenvalue weighted by Crippen LogP contribution is 2.27. The van der Waals surface area contributed by atoms with Gasteiger partial charge in [-0.05, 0) is 36.4 Å². The van der Waals surface area contributed by atoms with Crippen LogP contribution in [-0.2, 0) is 0 Å². The average molecular weight is 476 g/mol. The SMILES string of the molecule is O=C(Nc1c(C(=O)N2CCN(c3ccccc3)CC2)cnn1-c1ccccc1Cl)c1ccco1. The Balaban J connectivity index is 1.42. The van der Waals surface area contributed by atoms with Crippen molar-refractivity contribution in [2.24, 2.45) is 0 Å². The Hall–Kier alpha value is -4.04. The molecule has 0 spiro atoms. The van der Waals surface area contributed by atoms with Gasteiger partial charge in [-0.2, -0.15) is 5.10 Å². The maximum atomic E-state index is 13.5. The highest BCUT2D eigenvalue weighted by molar-refractivity contribution is 6.32. The maximum Gasteiger partial charge on any atom is 0.292 e. The Morgan fingerprint density at radius 3 is 2.35 bits per heavy atom. The lowest BCUT2D eigenvalue weighted by Gasteiger charge is -2.36. The van der Waals surface area contributed by atoms with E-state index in [0.29, 0.717) is 36.9 Å². The number of nitrogens with zero attached hydrogens (tertiary/aromatic N) is 4. The molecule has 34 heavy (non-hydrogen) atoms. The Labute approximate surface area is 201 Å². The first kappa shape index (κ1) is 21.8. The number of aromatic nitrogens is 2. The Kier molecular flexibility index (Phi) is 6.05. The van der Waals surface area contributed by atoms with Gasteiger partial charge in [0.05, 0.1) is 23.2 Å². The summed E-state index contributed by atoms with van der Waals surface area (Å²) in [5.41, 5.74) is 1.97. The van der Waals surface area contributed by atoms with E-state index in [1.807, 2.05) is 24.3 Å². The number of furan rings is 1. The molecule has 4 aromatic rings. The van der Waals surface area contributed by atoms with Gasteiger partial charge in [-0.25, -0.2) is 4.68 Å². The molecule has 2 aromatic carbocycles. The molecule has 0 saturated carbocycles. The predicted octanol–water partition coefficient (Wildman–Crippen LogP) is 4.33. The summed E-state index contributed by atoms with van der Waals surface area (Å²) >= 11 is 6.39. The number of nitrogens with one attached hydrogen (secondary N) is 1. The van der Waals surface area contributed by atoms with Gasteiger partial charge in [-0.1, -0.05) is 41.9 Å². The quantitative estimate of drug-likeness (QED) is 0.464. The van der Waals surface area contributed by atoms with Crippen LogP contribution in [0.1, 0.15) is 20.9 Å². The van der Waals surface area contributed by atoms with Crippen molar-refractivity contribution in [2.75, 3.05) is 36.4 Å². The minimum atomic E-state index is -0.484. The van der Waals surface area contributed by atoms with Crippen LogP contribution in [0.5, 0.6) is 0 Å². The molecule has 172 valence electrons. The number of benzene rings is 2. The molecule has 0 radical (unpaired) electrons. The van der Waals surface area contributed by atoms with Crippen LogP contribution in [0.2, 0.25) is 5.02 Å². The fourth-order valence-electron chi connectivity index (χ4n) is 3.99. The largest absolute Gasteiger partial charge is 0.459 e. The first-order valence-corrected chi connectivity index (χ1v) is 11.3. The van der Waals surface area contributed by atoms with Crippen molar-refractivity contribution in [1.82, 2.24) is 14.7 Å². The highest BCUT2D eigenvalue weighted by atomic mass is 35.5. The molecular formula is C25H22ClN5O3. The van der Waals surface area contributed by atoms with Gasteiger partial charge in [0, 0.05) is 31.9 Å². The van der Waals surface area contributed by atoms with E-state index in [1.54, 1.807) is 35.2 Å². The van der Waals surface area contributed by atoms with E-state index in [1.165, 1.54) is 17.1 Å². The number of piperazine rings is 1. The van der Waals surface area contributed by atoms with Crippen LogP contribution in [0, 0.1) is 0 Å². The molecule has 3 heterocycles. The zero-order chi connectivity index (χ0) is 23.5. The summed E-state index contributed by atoms with van der Waals surface area (Å²) in [6.45, 7) is 2.53. The van der Waals surface area contributed by atoms with Crippen LogP contribution in [0.25, 0.3) is 5.69 Å². The molecule has 0 bridgehead atoms. The molecule has 0 aliphatic carbocycles. The number of hydrogen-bond donors (Lipinski definition) is 1. The lowest BCUT2D eigenvalue weighted by atomic mass is 10.2. The number of anilines is 2. The molecule has 1 aliphatic rings. The molecular weight excluding hydrogens is 454 g/mol. The fourth-order valence-corrected chi connectivity index (χ4v) is 4.20. The van der Waals surface area contributed by atoms with Gasteiger partial charge in [0.25, 0.3) is 11.8 Å². The van der Waals surface area contributed by atoms with E-state index in [4.69, 9.17) is 16.0 Å². The minimum absolute atomic E-state index is 0.127. The first-order valence-electron chi connectivity index (χ1n) is 10.9. The third-order valence-corrected chi connectivity index (χ3v) is 6.07. The maximum absolute atomic E-state index is 13.5. The van der Waals surface area contributed by atoms with Gasteiger partial charge in [-0.15, -0.1) is 0 Å². The number of amides is 2. The molecule has 9 heteroatoms. The van der Waals surface area contributed by atoms with Gasteiger partial charge in [0.2, 0.25) is 0 Å². The van der Waals surface area contributed by atoms with Crippen LogP contribution < -0.4 is 10.2 Å². The van der Waals surface area contributed by atoms with Crippen LogP contribution in [0.3, 0.4) is 0 Å². The summed E-state index contributed by atoms with van der Waals surface area (Å²) < 4.78 is 6.68. The number of carbonyl (C=O) groups is 2. The Morgan fingerprint density at radius 1 is 0.912 bits per heavy atom. The number of para-hydroxylation sites is 2. The summed E-state index contributed by atoms with van der Waals surface area (Å²) in [5, 5.41) is 7.62. The van der Waals surface area contributed by atoms with Gasteiger partial charge < -0.3 is 19.5 Å². The molecule has 2 amide bonds. The molecule has 8 nitrogen and oxygen atoms in total. The third kappa shape index (κ3) is 4.27. The van der Waals surface area contributed by atoms with Crippen molar-refractivity contribution in [3.05, 3.63) is 95.5 Å². The molecule has 0 atom stereocenters. The van der Waals surface area contributed by atoms with Crippen molar-refractivity contribution >= 4 is 34.9 Å². The van der Waals surface area contributed by atoms with Crippen LogP contribution >= 0.6 is 11.6 Å². The molecule has 2 aromatic heterocycles. The predicted molar refractivity (Wildman–Crippen MR) is 130 cm³/mol. The third-order valence-electron chi connectivity index (χ3n) is 5.75. The van der Waals surface area contributed by atoms with Crippen LogP contribution in [-0.4, -0.2) is 52.7 Å². The van der Waals surface area contributed by atoms with E-state index < -0.39 is 5.91 Å². The second-order valence-corrected chi connectivity index (χ2v) is 8.22. The fraction of sp³-hybridized carbons (Fsp3) is 0.160. The zero-order valence-electron chi connectivity index (χ0n) is 18.2. The topological polar surface area (TPSA) is 83.6 Å². The zero-order valence-corrected chi connectivity index (χ0v) is 19.0. The smallest absolute Gasteiger partial charge is 0.292 e. The van der Waals surface area contributed by atoms with E-state index in [9.17, 15) is 9.59 Å². The van der Waals surface area contributed by atoms with E-state index in [2.05, 4.69) is 27.4 Å². The number of hydrogen-bond acceptors (Lipinski definition) is 5. The van der Waals surface area contributed by atoms with Crippen molar-refractivity contribution in [3.8, 4) is 5.69 Å². The highest BCUT2D eigenvalue weighted by Gasteiger charge is 2.28. The second kappa shape index (κ2) is 9.44. The van der Waals surface area contributed by atoms with E-state index in [-0.39, 0.29) is 23.0 Å². The summed E-state index contributed by atoms with van der Waals surface area (Å²) in [6, 6.07) is 20.4. The molecule has 1 aliphatic heterocycles. The average Bonchev–Trinajstić information content (AvgIpc) is 3.55. The van der Waals surface area contributed by atoms with Crippen molar-refractivity contribution in [1.29, 1.82) is 0 Å². The Morgan fingerprint density at radius 2 is 1.65 bits per heavy atom. The minimum Gasteiger partial charge on any atom is -0.459 e. The number of halogens is 1. The van der Waals surface area contributed by atoms with Gasteiger partial charge >= 0.3 is 0 Å². The molecule has 1 N–H and O–H groups in total. The van der Waals surface area contributed by atoms with Crippen LogP contribution in [0.15, 0.2) is 83.6 Å². The molecule has 1 saturated heterocycles. The van der Waals surface area contributed by atoms with Crippen molar-refractivity contribution < 1.29 is 14.0 Å². The van der Waals surface area contributed by atoms with Gasteiger partial charge in [0.1, 0.15) is 11.4 Å². The standard InChI is InChI=1S/C25H22ClN5O3/c26-20-9-4-5-10-21(20)31-23(28-24(32)22-11-6-16-34-22)19(17-27-31)25(33)30-14-12-29(13-15-30)18-7-2-1-3-8-18/h1-11,16-17H,12-15H2,(H,28,32). The van der Waals surface area contributed by atoms with E-state index >= 15 is 0 Å². The summed E-state index contributed by atoms with van der Waals surface area (Å²) in [7, 11) is 0. The summed E-state index contributed by atoms with van der Waals surface area (Å²) in [4.78, 5) is 30.3. The Bertz CT molecular complexity index is 1300. The summed E-state index contributed by atoms with van der Waals surface area (Å²) in [6.07, 6.45) is 2.88. The second-order valence-electron chi connectivity index (χ2n) is 7.82. The van der Waals surface area contributed by atoms with E-state index in [0.717, 1.165) is 5.69 Å².